The molecule has 0 radical (unpaired) electrons. The predicted molar refractivity (Wildman–Crippen MR) is 72.4 cm³/mol. The molecule has 1 aromatic carbocycles. The number of thioether (sulfide) groups is 1. The minimum Gasteiger partial charge on any atom is -0.465 e. The van der Waals surface area contributed by atoms with Gasteiger partial charge in [0.25, 0.3) is 0 Å². The van der Waals surface area contributed by atoms with Crippen molar-refractivity contribution in [1.82, 2.24) is 0 Å². The highest BCUT2D eigenvalue weighted by Crippen LogP contribution is 2.18. The smallest absolute Gasteiger partial charge is 0.315 e. The first kappa shape index (κ1) is 14.3. The summed E-state index contributed by atoms with van der Waals surface area (Å²) in [6.45, 7) is 2.13. The third-order valence-electron chi connectivity index (χ3n) is 1.93. The van der Waals surface area contributed by atoms with Crippen molar-refractivity contribution >= 4 is 39.4 Å². The van der Waals surface area contributed by atoms with Gasteiger partial charge in [-0.1, -0.05) is 34.1 Å². The summed E-state index contributed by atoms with van der Waals surface area (Å²) in [5.74, 6) is 0.218. The van der Waals surface area contributed by atoms with Crippen molar-refractivity contribution in [2.45, 2.75) is 6.92 Å². The molecule has 1 rings (SSSR count). The van der Waals surface area contributed by atoms with Crippen LogP contribution < -0.4 is 0 Å². The number of ketones is 1. The van der Waals surface area contributed by atoms with Gasteiger partial charge in [0.2, 0.25) is 0 Å². The van der Waals surface area contributed by atoms with E-state index in [4.69, 9.17) is 4.74 Å². The van der Waals surface area contributed by atoms with E-state index in [1.807, 2.05) is 18.2 Å². The number of ether oxygens (including phenoxy) is 1. The Bertz CT molecular complexity index is 406. The van der Waals surface area contributed by atoms with Gasteiger partial charge in [-0.05, 0) is 13.0 Å². The summed E-state index contributed by atoms with van der Waals surface area (Å²) in [4.78, 5) is 22.9. The summed E-state index contributed by atoms with van der Waals surface area (Å²) in [7, 11) is 0. The molecule has 0 bridgehead atoms. The van der Waals surface area contributed by atoms with Gasteiger partial charge in [0.15, 0.2) is 5.78 Å². The molecule has 0 aliphatic heterocycles. The number of Topliss-reactive ketones (excluding diaryl/α,β-unsaturated/α-hetero) is 1. The zero-order valence-electron chi connectivity index (χ0n) is 9.44. The molecule has 0 N–H and O–H groups in total. The number of esters is 1. The van der Waals surface area contributed by atoms with Crippen molar-refractivity contribution < 1.29 is 14.3 Å². The molecule has 1 aromatic rings. The van der Waals surface area contributed by atoms with E-state index < -0.39 is 0 Å². The first-order valence-electron chi connectivity index (χ1n) is 5.16. The third-order valence-corrected chi connectivity index (χ3v) is 3.53. The molecule has 0 atom stereocenters. The van der Waals surface area contributed by atoms with Crippen LogP contribution in [0.2, 0.25) is 0 Å². The fraction of sp³-hybridized carbons (Fsp3) is 0.333. The highest BCUT2D eigenvalue weighted by Gasteiger charge is 2.10. The highest BCUT2D eigenvalue weighted by atomic mass is 79.9. The molecule has 5 heteroatoms. The molecule has 0 heterocycles. The van der Waals surface area contributed by atoms with E-state index in [1.165, 1.54) is 11.8 Å². The van der Waals surface area contributed by atoms with E-state index >= 15 is 0 Å². The molecule has 0 saturated carbocycles. The monoisotopic (exact) mass is 316 g/mol. The Morgan fingerprint density at radius 1 is 1.29 bits per heavy atom. The van der Waals surface area contributed by atoms with E-state index in [0.29, 0.717) is 12.2 Å². The maximum absolute atomic E-state index is 11.8. The number of carbonyl (C=O) groups is 2. The van der Waals surface area contributed by atoms with Crippen molar-refractivity contribution in [3.05, 3.63) is 34.3 Å². The van der Waals surface area contributed by atoms with Gasteiger partial charge in [0.1, 0.15) is 0 Å². The lowest BCUT2D eigenvalue weighted by atomic mass is 10.1. The molecule has 0 spiro atoms. The summed E-state index contributed by atoms with van der Waals surface area (Å²) in [5.41, 5.74) is 0.642. The molecule has 0 aliphatic rings. The summed E-state index contributed by atoms with van der Waals surface area (Å²) in [6, 6.07) is 7.25. The lowest BCUT2D eigenvalue weighted by Crippen LogP contribution is -2.10. The SMILES string of the molecule is CCOC(=O)CSCC(=O)c1ccccc1Br. The Kier molecular flexibility index (Phi) is 6.29. The van der Waals surface area contributed by atoms with Crippen LogP contribution in [0.4, 0.5) is 0 Å². The normalized spacial score (nSPS) is 10.0. The second-order valence-electron chi connectivity index (χ2n) is 3.20. The fourth-order valence-electron chi connectivity index (χ4n) is 1.19. The van der Waals surface area contributed by atoms with Gasteiger partial charge < -0.3 is 4.74 Å². The molecule has 0 amide bonds. The van der Waals surface area contributed by atoms with Gasteiger partial charge in [-0.2, -0.15) is 0 Å². The second kappa shape index (κ2) is 7.50. The van der Waals surface area contributed by atoms with E-state index in [0.717, 1.165) is 4.47 Å². The average molecular weight is 317 g/mol. The number of benzene rings is 1. The zero-order chi connectivity index (χ0) is 12.7. The topological polar surface area (TPSA) is 43.4 Å². The Morgan fingerprint density at radius 3 is 2.65 bits per heavy atom. The zero-order valence-corrected chi connectivity index (χ0v) is 11.8. The minimum atomic E-state index is -0.280. The van der Waals surface area contributed by atoms with E-state index in [1.54, 1.807) is 13.0 Å². The fourth-order valence-corrected chi connectivity index (χ4v) is 2.39. The summed E-state index contributed by atoms with van der Waals surface area (Å²) in [6.07, 6.45) is 0. The molecule has 0 fully saturated rings. The maximum Gasteiger partial charge on any atom is 0.315 e. The van der Waals surface area contributed by atoms with Crippen LogP contribution in [0.15, 0.2) is 28.7 Å². The number of carbonyl (C=O) groups excluding carboxylic acids is 2. The Labute approximate surface area is 113 Å². The molecular weight excluding hydrogens is 304 g/mol. The van der Waals surface area contributed by atoms with E-state index in [-0.39, 0.29) is 23.3 Å². The molecule has 0 aliphatic carbocycles. The van der Waals surface area contributed by atoms with Gasteiger partial charge in [0, 0.05) is 10.0 Å². The Hall–Kier alpha value is -0.810. The van der Waals surface area contributed by atoms with Crippen molar-refractivity contribution in [3.63, 3.8) is 0 Å². The van der Waals surface area contributed by atoms with Crippen LogP contribution in [-0.4, -0.2) is 29.9 Å². The van der Waals surface area contributed by atoms with Crippen molar-refractivity contribution in [1.29, 1.82) is 0 Å². The molecule has 0 saturated heterocycles. The number of halogens is 1. The second-order valence-corrected chi connectivity index (χ2v) is 5.04. The van der Waals surface area contributed by atoms with Crippen LogP contribution in [-0.2, 0) is 9.53 Å². The van der Waals surface area contributed by atoms with Crippen LogP contribution in [0.3, 0.4) is 0 Å². The summed E-state index contributed by atoms with van der Waals surface area (Å²) in [5, 5.41) is 0. The molecule has 0 aromatic heterocycles. The number of rotatable bonds is 6. The maximum atomic E-state index is 11.8. The lowest BCUT2D eigenvalue weighted by Gasteiger charge is -2.03. The molecule has 3 nitrogen and oxygen atoms in total. The Morgan fingerprint density at radius 2 is 2.00 bits per heavy atom. The van der Waals surface area contributed by atoms with Gasteiger partial charge >= 0.3 is 5.97 Å². The van der Waals surface area contributed by atoms with Crippen LogP contribution in [0, 0.1) is 0 Å². The summed E-state index contributed by atoms with van der Waals surface area (Å²) < 4.78 is 5.55. The first-order chi connectivity index (χ1) is 8.15. The van der Waals surface area contributed by atoms with E-state index in [2.05, 4.69) is 15.9 Å². The number of hydrogen-bond acceptors (Lipinski definition) is 4. The van der Waals surface area contributed by atoms with Crippen molar-refractivity contribution in [2.75, 3.05) is 18.1 Å². The van der Waals surface area contributed by atoms with Crippen LogP contribution in [0.25, 0.3) is 0 Å². The van der Waals surface area contributed by atoms with Crippen LogP contribution in [0.1, 0.15) is 17.3 Å². The molecule has 0 unspecified atom stereocenters. The molecule has 17 heavy (non-hydrogen) atoms. The van der Waals surface area contributed by atoms with Crippen molar-refractivity contribution in [2.24, 2.45) is 0 Å². The lowest BCUT2D eigenvalue weighted by molar-refractivity contribution is -0.139. The Balaban J connectivity index is 2.41. The van der Waals surface area contributed by atoms with Gasteiger partial charge in [-0.3, -0.25) is 9.59 Å². The van der Waals surface area contributed by atoms with Gasteiger partial charge in [0.05, 0.1) is 18.1 Å². The largest absolute Gasteiger partial charge is 0.465 e. The first-order valence-corrected chi connectivity index (χ1v) is 7.11. The van der Waals surface area contributed by atoms with Crippen LogP contribution >= 0.6 is 27.7 Å². The molecular formula is C12H13BrO3S. The standard InChI is InChI=1S/C12H13BrO3S/c1-2-16-12(15)8-17-7-11(14)9-5-3-4-6-10(9)13/h3-6H,2,7-8H2,1H3. The van der Waals surface area contributed by atoms with Crippen LogP contribution in [0.5, 0.6) is 0 Å². The van der Waals surface area contributed by atoms with E-state index in [9.17, 15) is 9.59 Å². The average Bonchev–Trinajstić information content (AvgIpc) is 2.29. The minimum absolute atomic E-state index is 0.00627. The predicted octanol–water partition coefficient (Wildman–Crippen LogP) is 2.93. The third kappa shape index (κ3) is 4.91. The summed E-state index contributed by atoms with van der Waals surface area (Å²) >= 11 is 4.59. The van der Waals surface area contributed by atoms with Crippen molar-refractivity contribution in [3.8, 4) is 0 Å². The van der Waals surface area contributed by atoms with Gasteiger partial charge in [-0.15, -0.1) is 11.8 Å². The van der Waals surface area contributed by atoms with Gasteiger partial charge in [-0.25, -0.2) is 0 Å². The number of hydrogen-bond donors (Lipinski definition) is 0. The quantitative estimate of drug-likeness (QED) is 0.598. The molecule has 92 valence electrons. The highest BCUT2D eigenvalue weighted by molar-refractivity contribution is 9.10.